The minimum atomic E-state index is -0.454. The van der Waals surface area contributed by atoms with Crippen LogP contribution in [-0.4, -0.2) is 26.6 Å². The molecule has 0 unspecified atom stereocenters. The first kappa shape index (κ1) is 18.9. The van der Waals surface area contributed by atoms with Crippen LogP contribution in [0.2, 0.25) is 0 Å². The Balaban J connectivity index is 1.83. The van der Waals surface area contributed by atoms with E-state index in [9.17, 15) is 4.79 Å². The van der Waals surface area contributed by atoms with Crippen molar-refractivity contribution in [2.24, 2.45) is 0 Å². The number of hydrogen-bond donors (Lipinski definition) is 1. The van der Waals surface area contributed by atoms with Gasteiger partial charge in [-0.15, -0.1) is 0 Å². The quantitative estimate of drug-likeness (QED) is 0.496. The van der Waals surface area contributed by atoms with E-state index in [0.29, 0.717) is 29.1 Å². The fourth-order valence-electron chi connectivity index (χ4n) is 3.36. The van der Waals surface area contributed by atoms with Crippen LogP contribution in [0.1, 0.15) is 36.2 Å². The lowest BCUT2D eigenvalue weighted by Gasteiger charge is -2.11. The second-order valence-electron chi connectivity index (χ2n) is 7.16. The summed E-state index contributed by atoms with van der Waals surface area (Å²) in [6.45, 7) is 4.43. The molecule has 0 aliphatic carbocycles. The van der Waals surface area contributed by atoms with Gasteiger partial charge in [0.1, 0.15) is 16.9 Å². The average Bonchev–Trinajstić information content (AvgIpc) is 3.01. The van der Waals surface area contributed by atoms with Crippen molar-refractivity contribution in [1.82, 2.24) is 14.5 Å². The van der Waals surface area contributed by atoms with Crippen LogP contribution in [0.5, 0.6) is 0 Å². The van der Waals surface area contributed by atoms with Crippen LogP contribution < -0.4 is 5.73 Å². The second kappa shape index (κ2) is 7.91. The zero-order chi connectivity index (χ0) is 20.4. The van der Waals surface area contributed by atoms with E-state index in [1.807, 2.05) is 60.9 Å². The molecule has 6 nitrogen and oxygen atoms in total. The van der Waals surface area contributed by atoms with Crippen molar-refractivity contribution in [2.45, 2.75) is 39.3 Å². The Labute approximate surface area is 169 Å². The summed E-state index contributed by atoms with van der Waals surface area (Å²) in [6, 6.07) is 17.7. The lowest BCUT2D eigenvalue weighted by molar-refractivity contribution is 0.0338. The maximum absolute atomic E-state index is 12.9. The highest BCUT2D eigenvalue weighted by atomic mass is 16.5. The molecular formula is C23H24N4O2. The number of nitrogens with two attached hydrogens (primary N) is 1. The van der Waals surface area contributed by atoms with Gasteiger partial charge in [-0.1, -0.05) is 49.4 Å². The summed E-state index contributed by atoms with van der Waals surface area (Å²) in [5, 5.41) is 0. The van der Waals surface area contributed by atoms with Gasteiger partial charge in [0.15, 0.2) is 5.65 Å². The van der Waals surface area contributed by atoms with E-state index in [1.165, 1.54) is 5.56 Å². The fraction of sp³-hybridized carbons (Fsp3) is 0.261. The van der Waals surface area contributed by atoms with Gasteiger partial charge in [0, 0.05) is 6.54 Å². The van der Waals surface area contributed by atoms with Gasteiger partial charge in [-0.3, -0.25) is 0 Å². The first-order valence-electron chi connectivity index (χ1n) is 9.87. The molecule has 148 valence electrons. The molecule has 0 spiro atoms. The van der Waals surface area contributed by atoms with Gasteiger partial charge < -0.3 is 15.0 Å². The van der Waals surface area contributed by atoms with Crippen molar-refractivity contribution in [1.29, 1.82) is 0 Å². The molecular weight excluding hydrogens is 364 g/mol. The van der Waals surface area contributed by atoms with Crippen LogP contribution in [0.3, 0.4) is 0 Å². The number of carbonyl (C=O) groups excluding carboxylic acids is 1. The maximum Gasteiger partial charge on any atom is 0.344 e. The number of anilines is 1. The van der Waals surface area contributed by atoms with Crippen molar-refractivity contribution in [2.75, 3.05) is 5.73 Å². The lowest BCUT2D eigenvalue weighted by atomic mass is 10.1. The number of para-hydroxylation sites is 2. The molecule has 4 aromatic rings. The number of ether oxygens (including phenoxy) is 1. The number of carbonyl (C=O) groups is 1. The van der Waals surface area contributed by atoms with Crippen molar-refractivity contribution < 1.29 is 9.53 Å². The number of aromatic nitrogens is 3. The van der Waals surface area contributed by atoms with E-state index in [2.05, 4.69) is 12.1 Å². The predicted molar refractivity (Wildman–Crippen MR) is 115 cm³/mol. The van der Waals surface area contributed by atoms with E-state index >= 15 is 0 Å². The van der Waals surface area contributed by atoms with Crippen LogP contribution in [0.4, 0.5) is 5.82 Å². The largest absolute Gasteiger partial charge is 0.459 e. The molecule has 0 bridgehead atoms. The number of aryl methyl sites for hydroxylation is 2. The first-order valence-corrected chi connectivity index (χ1v) is 9.87. The van der Waals surface area contributed by atoms with Gasteiger partial charge in [-0.05, 0) is 37.5 Å². The maximum atomic E-state index is 12.9. The van der Waals surface area contributed by atoms with Crippen LogP contribution in [0, 0.1) is 0 Å². The average molecular weight is 388 g/mol. The van der Waals surface area contributed by atoms with Crippen LogP contribution in [0.15, 0.2) is 54.6 Å². The minimum absolute atomic E-state index is 0.196. The number of nitrogen functional groups attached to an aromatic ring is 1. The molecule has 1 atom stereocenters. The molecule has 29 heavy (non-hydrogen) atoms. The predicted octanol–water partition coefficient (Wildman–Crippen LogP) is 4.36. The van der Waals surface area contributed by atoms with Gasteiger partial charge in [-0.25, -0.2) is 14.8 Å². The molecule has 0 aliphatic rings. The smallest absolute Gasteiger partial charge is 0.344 e. The summed E-state index contributed by atoms with van der Waals surface area (Å²) in [5.74, 6) is -0.107. The van der Waals surface area contributed by atoms with Crippen LogP contribution >= 0.6 is 0 Å². The van der Waals surface area contributed by atoms with Gasteiger partial charge in [0.25, 0.3) is 0 Å². The molecule has 2 aromatic heterocycles. The molecule has 2 aromatic carbocycles. The molecule has 0 saturated heterocycles. The number of hydrogen-bond acceptors (Lipinski definition) is 5. The Morgan fingerprint density at radius 3 is 2.41 bits per heavy atom. The highest BCUT2D eigenvalue weighted by Crippen LogP contribution is 2.29. The Bertz CT molecular complexity index is 1170. The molecule has 2 N–H and O–H groups in total. The van der Waals surface area contributed by atoms with Gasteiger partial charge >= 0.3 is 5.97 Å². The van der Waals surface area contributed by atoms with E-state index in [0.717, 1.165) is 23.9 Å². The van der Waals surface area contributed by atoms with Gasteiger partial charge in [-0.2, -0.15) is 0 Å². The van der Waals surface area contributed by atoms with Crippen LogP contribution in [0.25, 0.3) is 22.2 Å². The summed E-state index contributed by atoms with van der Waals surface area (Å²) >= 11 is 0. The molecule has 2 heterocycles. The Kier molecular flexibility index (Phi) is 5.16. The van der Waals surface area contributed by atoms with E-state index in [1.54, 1.807) is 0 Å². The number of nitrogens with zero attached hydrogens (tertiary/aromatic N) is 3. The highest BCUT2D eigenvalue weighted by Gasteiger charge is 2.26. The molecule has 0 fully saturated rings. The third kappa shape index (κ3) is 3.66. The second-order valence-corrected chi connectivity index (χ2v) is 7.16. The van der Waals surface area contributed by atoms with Crippen molar-refractivity contribution >= 4 is 34.0 Å². The van der Waals surface area contributed by atoms with Gasteiger partial charge in [0.05, 0.1) is 17.1 Å². The molecule has 6 heteroatoms. The summed E-state index contributed by atoms with van der Waals surface area (Å²) < 4.78 is 7.43. The van der Waals surface area contributed by atoms with Gasteiger partial charge in [0.2, 0.25) is 0 Å². The Morgan fingerprint density at radius 2 is 1.72 bits per heavy atom. The SMILES string of the molecule is CC[C@H](C)OC(=O)c1c(N)n(CCc2ccccc2)c2nc3ccccc3nc12. The topological polar surface area (TPSA) is 83.0 Å². The molecule has 0 aliphatic heterocycles. The summed E-state index contributed by atoms with van der Waals surface area (Å²) in [6.07, 6.45) is 1.30. The zero-order valence-corrected chi connectivity index (χ0v) is 16.6. The molecule has 0 radical (unpaired) electrons. The van der Waals surface area contributed by atoms with E-state index in [-0.39, 0.29) is 6.10 Å². The number of benzene rings is 2. The third-order valence-electron chi connectivity index (χ3n) is 5.15. The van der Waals surface area contributed by atoms with Crippen molar-refractivity contribution in [3.05, 3.63) is 65.7 Å². The summed E-state index contributed by atoms with van der Waals surface area (Å²) in [7, 11) is 0. The van der Waals surface area contributed by atoms with E-state index < -0.39 is 5.97 Å². The lowest BCUT2D eigenvalue weighted by Crippen LogP contribution is -2.16. The third-order valence-corrected chi connectivity index (χ3v) is 5.15. The normalized spacial score (nSPS) is 12.3. The summed E-state index contributed by atoms with van der Waals surface area (Å²) in [5.41, 5.74) is 10.5. The monoisotopic (exact) mass is 388 g/mol. The standard InChI is InChI=1S/C23H24N4O2/c1-3-15(2)29-23(28)19-20-22(26-18-12-8-7-11-17(18)25-20)27(21(19)24)14-13-16-9-5-4-6-10-16/h4-12,15H,3,13-14,24H2,1-2H3/t15-/m0/s1. The number of esters is 1. The highest BCUT2D eigenvalue weighted by molar-refractivity contribution is 6.08. The number of rotatable bonds is 6. The molecule has 4 rings (SSSR count). The van der Waals surface area contributed by atoms with Crippen LogP contribution in [-0.2, 0) is 17.7 Å². The Hall–Kier alpha value is -3.41. The fourth-order valence-corrected chi connectivity index (χ4v) is 3.36. The first-order chi connectivity index (χ1) is 14.1. The molecule has 0 saturated carbocycles. The molecule has 0 amide bonds. The minimum Gasteiger partial charge on any atom is -0.459 e. The van der Waals surface area contributed by atoms with Crippen molar-refractivity contribution in [3.8, 4) is 0 Å². The van der Waals surface area contributed by atoms with E-state index in [4.69, 9.17) is 20.4 Å². The number of fused-ring (bicyclic) bond motifs is 2. The Morgan fingerprint density at radius 1 is 1.07 bits per heavy atom. The van der Waals surface area contributed by atoms with Crippen molar-refractivity contribution in [3.63, 3.8) is 0 Å². The summed E-state index contributed by atoms with van der Waals surface area (Å²) in [4.78, 5) is 22.4. The zero-order valence-electron chi connectivity index (χ0n) is 16.6.